The first-order chi connectivity index (χ1) is 9.11. The summed E-state index contributed by atoms with van der Waals surface area (Å²) < 4.78 is 5.74. The second-order valence-corrected chi connectivity index (χ2v) is 5.65. The zero-order chi connectivity index (χ0) is 13.7. The van der Waals surface area contributed by atoms with Crippen molar-refractivity contribution in [2.24, 2.45) is 5.73 Å². The number of ether oxygens (including phenoxy) is 1. The van der Waals surface area contributed by atoms with Gasteiger partial charge in [0.15, 0.2) is 0 Å². The van der Waals surface area contributed by atoms with E-state index in [1.54, 1.807) is 0 Å². The van der Waals surface area contributed by atoms with E-state index in [2.05, 4.69) is 17.0 Å². The standard InChI is InChI=1S/C15H24N2O2/c1-15(16,12-18)7-4-8-17-9-10-19-14-6-3-2-5-13(14)11-17/h2-3,5-6,18H,4,7-12,16H2,1H3. The predicted octanol–water partition coefficient (Wildman–Crippen LogP) is 1.37. The van der Waals surface area contributed by atoms with E-state index >= 15 is 0 Å². The molecule has 3 N–H and O–H groups in total. The first kappa shape index (κ1) is 14.3. The highest BCUT2D eigenvalue weighted by atomic mass is 16.5. The molecule has 1 aliphatic heterocycles. The Kier molecular flexibility index (Phi) is 4.80. The van der Waals surface area contributed by atoms with Crippen LogP contribution in [0.3, 0.4) is 0 Å². The van der Waals surface area contributed by atoms with Crippen molar-refractivity contribution in [3.8, 4) is 5.75 Å². The first-order valence-electron chi connectivity index (χ1n) is 6.93. The molecule has 1 aromatic carbocycles. The van der Waals surface area contributed by atoms with Crippen LogP contribution in [0.25, 0.3) is 0 Å². The molecule has 1 atom stereocenters. The van der Waals surface area contributed by atoms with Crippen molar-refractivity contribution in [3.63, 3.8) is 0 Å². The molecule has 1 heterocycles. The molecule has 2 rings (SSSR count). The molecule has 4 heteroatoms. The average Bonchev–Trinajstić information content (AvgIpc) is 2.60. The highest BCUT2D eigenvalue weighted by Gasteiger charge is 2.18. The van der Waals surface area contributed by atoms with Crippen molar-refractivity contribution in [2.75, 3.05) is 26.3 Å². The van der Waals surface area contributed by atoms with E-state index in [0.717, 1.165) is 44.8 Å². The molecule has 0 fully saturated rings. The summed E-state index contributed by atoms with van der Waals surface area (Å²) in [5.41, 5.74) is 6.74. The number of hydrogen-bond donors (Lipinski definition) is 2. The topological polar surface area (TPSA) is 58.7 Å². The molecule has 1 unspecified atom stereocenters. The molecule has 0 amide bonds. The molecular formula is C15H24N2O2. The number of para-hydroxylation sites is 1. The SMILES string of the molecule is CC(N)(CO)CCCN1CCOc2ccccc2C1. The number of fused-ring (bicyclic) bond motifs is 1. The van der Waals surface area contributed by atoms with Crippen molar-refractivity contribution in [1.82, 2.24) is 4.90 Å². The Bertz CT molecular complexity index is 407. The van der Waals surface area contributed by atoms with Crippen LogP contribution in [-0.4, -0.2) is 41.8 Å². The van der Waals surface area contributed by atoms with Crippen molar-refractivity contribution in [2.45, 2.75) is 31.8 Å². The Balaban J connectivity index is 1.86. The summed E-state index contributed by atoms with van der Waals surface area (Å²) in [6.45, 7) is 5.53. The van der Waals surface area contributed by atoms with Crippen molar-refractivity contribution < 1.29 is 9.84 Å². The molecule has 0 bridgehead atoms. The quantitative estimate of drug-likeness (QED) is 0.843. The molecule has 1 aromatic rings. The average molecular weight is 264 g/mol. The number of rotatable bonds is 5. The lowest BCUT2D eigenvalue weighted by atomic mass is 9.98. The molecule has 0 aliphatic carbocycles. The summed E-state index contributed by atoms with van der Waals surface area (Å²) in [6.07, 6.45) is 1.83. The molecule has 1 aliphatic rings. The third kappa shape index (κ3) is 4.20. The summed E-state index contributed by atoms with van der Waals surface area (Å²) in [7, 11) is 0. The number of nitrogens with zero attached hydrogens (tertiary/aromatic N) is 1. The number of nitrogens with two attached hydrogens (primary N) is 1. The van der Waals surface area contributed by atoms with Crippen molar-refractivity contribution >= 4 is 0 Å². The van der Waals surface area contributed by atoms with Gasteiger partial charge < -0.3 is 15.6 Å². The highest BCUT2D eigenvalue weighted by molar-refractivity contribution is 5.33. The predicted molar refractivity (Wildman–Crippen MR) is 76.1 cm³/mol. The number of hydrogen-bond acceptors (Lipinski definition) is 4. The fourth-order valence-electron chi connectivity index (χ4n) is 2.36. The summed E-state index contributed by atoms with van der Waals surface area (Å²) >= 11 is 0. The van der Waals surface area contributed by atoms with Gasteiger partial charge in [-0.25, -0.2) is 0 Å². The van der Waals surface area contributed by atoms with Gasteiger partial charge in [0.05, 0.1) is 6.61 Å². The molecule has 0 saturated carbocycles. The lowest BCUT2D eigenvalue weighted by Crippen LogP contribution is -2.41. The Morgan fingerprint density at radius 1 is 1.42 bits per heavy atom. The van der Waals surface area contributed by atoms with E-state index in [-0.39, 0.29) is 6.61 Å². The van der Waals surface area contributed by atoms with Gasteiger partial charge in [-0.15, -0.1) is 0 Å². The second kappa shape index (κ2) is 6.37. The monoisotopic (exact) mass is 264 g/mol. The van der Waals surface area contributed by atoms with Gasteiger partial charge in [-0.3, -0.25) is 4.90 Å². The van der Waals surface area contributed by atoms with Crippen LogP contribution in [0.2, 0.25) is 0 Å². The van der Waals surface area contributed by atoms with Crippen LogP contribution in [-0.2, 0) is 6.54 Å². The van der Waals surface area contributed by atoms with Gasteiger partial charge in [-0.05, 0) is 32.4 Å². The van der Waals surface area contributed by atoms with Crippen LogP contribution in [0, 0.1) is 0 Å². The van der Waals surface area contributed by atoms with Gasteiger partial charge in [0.2, 0.25) is 0 Å². The Labute approximate surface area is 115 Å². The largest absolute Gasteiger partial charge is 0.492 e. The van der Waals surface area contributed by atoms with Gasteiger partial charge in [-0.1, -0.05) is 18.2 Å². The lowest BCUT2D eigenvalue weighted by Gasteiger charge is -2.24. The second-order valence-electron chi connectivity index (χ2n) is 5.65. The fourth-order valence-corrected chi connectivity index (χ4v) is 2.36. The van der Waals surface area contributed by atoms with Crippen LogP contribution in [0.15, 0.2) is 24.3 Å². The van der Waals surface area contributed by atoms with Crippen LogP contribution in [0.4, 0.5) is 0 Å². The molecule has 106 valence electrons. The summed E-state index contributed by atoms with van der Waals surface area (Å²) in [4.78, 5) is 2.39. The normalized spacial score (nSPS) is 19.1. The molecule has 0 aromatic heterocycles. The molecule has 0 radical (unpaired) electrons. The zero-order valence-corrected chi connectivity index (χ0v) is 11.6. The number of aliphatic hydroxyl groups excluding tert-OH is 1. The summed E-state index contributed by atoms with van der Waals surface area (Å²) in [6, 6.07) is 8.21. The van der Waals surface area contributed by atoms with Gasteiger partial charge in [-0.2, -0.15) is 0 Å². The number of aliphatic hydroxyl groups is 1. The maximum atomic E-state index is 9.15. The van der Waals surface area contributed by atoms with E-state index < -0.39 is 5.54 Å². The highest BCUT2D eigenvalue weighted by Crippen LogP contribution is 2.22. The molecule has 4 nitrogen and oxygen atoms in total. The lowest BCUT2D eigenvalue weighted by molar-refractivity contribution is 0.181. The smallest absolute Gasteiger partial charge is 0.123 e. The van der Waals surface area contributed by atoms with Gasteiger partial charge in [0.25, 0.3) is 0 Å². The van der Waals surface area contributed by atoms with Gasteiger partial charge in [0, 0.05) is 24.2 Å². The van der Waals surface area contributed by atoms with E-state index in [1.165, 1.54) is 5.56 Å². The van der Waals surface area contributed by atoms with Gasteiger partial charge in [0.1, 0.15) is 12.4 Å². The molecule has 19 heavy (non-hydrogen) atoms. The van der Waals surface area contributed by atoms with Crippen LogP contribution in [0.5, 0.6) is 5.75 Å². The van der Waals surface area contributed by atoms with Crippen molar-refractivity contribution in [3.05, 3.63) is 29.8 Å². The minimum atomic E-state index is -0.458. The Morgan fingerprint density at radius 3 is 3.00 bits per heavy atom. The molecular weight excluding hydrogens is 240 g/mol. The summed E-state index contributed by atoms with van der Waals surface area (Å²) in [5, 5.41) is 9.15. The third-order valence-electron chi connectivity index (χ3n) is 3.62. The van der Waals surface area contributed by atoms with E-state index in [1.807, 2.05) is 19.1 Å². The molecule has 0 spiro atoms. The Morgan fingerprint density at radius 2 is 2.21 bits per heavy atom. The minimum absolute atomic E-state index is 0.0406. The summed E-state index contributed by atoms with van der Waals surface area (Å²) in [5.74, 6) is 1.00. The fraction of sp³-hybridized carbons (Fsp3) is 0.600. The van der Waals surface area contributed by atoms with Crippen LogP contribution >= 0.6 is 0 Å². The number of benzene rings is 1. The van der Waals surface area contributed by atoms with E-state index in [0.29, 0.717) is 0 Å². The van der Waals surface area contributed by atoms with Gasteiger partial charge >= 0.3 is 0 Å². The van der Waals surface area contributed by atoms with Crippen LogP contribution < -0.4 is 10.5 Å². The van der Waals surface area contributed by atoms with Crippen LogP contribution in [0.1, 0.15) is 25.3 Å². The maximum absolute atomic E-state index is 9.15. The van der Waals surface area contributed by atoms with Crippen molar-refractivity contribution in [1.29, 1.82) is 0 Å². The van der Waals surface area contributed by atoms with E-state index in [4.69, 9.17) is 15.6 Å². The Hall–Kier alpha value is -1.10. The molecule has 0 saturated heterocycles. The minimum Gasteiger partial charge on any atom is -0.492 e. The maximum Gasteiger partial charge on any atom is 0.123 e. The first-order valence-corrected chi connectivity index (χ1v) is 6.93. The third-order valence-corrected chi connectivity index (χ3v) is 3.62. The van der Waals surface area contributed by atoms with E-state index in [9.17, 15) is 0 Å². The zero-order valence-electron chi connectivity index (χ0n) is 11.6.